The summed E-state index contributed by atoms with van der Waals surface area (Å²) in [6.45, 7) is 0. The van der Waals surface area contributed by atoms with E-state index in [1.165, 1.54) is 51.9 Å². The van der Waals surface area contributed by atoms with Crippen molar-refractivity contribution in [1.82, 2.24) is 24.1 Å². The Morgan fingerprint density at radius 2 is 1.06 bits per heavy atom. The molecule has 12 rings (SSSR count). The van der Waals surface area contributed by atoms with Crippen LogP contribution in [0.5, 0.6) is 0 Å². The van der Waals surface area contributed by atoms with Crippen molar-refractivity contribution in [3.05, 3.63) is 164 Å². The molecule has 11 aromatic rings. The van der Waals surface area contributed by atoms with Gasteiger partial charge in [-0.2, -0.15) is 0 Å². The van der Waals surface area contributed by atoms with Crippen LogP contribution in [-0.4, -0.2) is 24.1 Å². The molecule has 0 aliphatic carbocycles. The van der Waals surface area contributed by atoms with E-state index in [2.05, 4.69) is 155 Å². The van der Waals surface area contributed by atoms with Crippen LogP contribution in [0.1, 0.15) is 0 Å². The lowest BCUT2D eigenvalue weighted by atomic mass is 10.0. The van der Waals surface area contributed by atoms with E-state index in [1.54, 1.807) is 11.3 Å². The quantitative estimate of drug-likeness (QED) is 0.181. The third-order valence-corrected chi connectivity index (χ3v) is 12.8. The summed E-state index contributed by atoms with van der Waals surface area (Å²) < 4.78 is 7.36. The fraction of sp³-hybridized carbons (Fsp3) is 0. The number of rotatable bonds is 4. The zero-order valence-corrected chi connectivity index (χ0v) is 30.3. The van der Waals surface area contributed by atoms with Crippen LogP contribution >= 0.6 is 23.1 Å². The van der Waals surface area contributed by atoms with Crippen molar-refractivity contribution in [2.24, 2.45) is 0 Å². The Balaban J connectivity index is 1.23. The van der Waals surface area contributed by atoms with Gasteiger partial charge < -0.3 is 0 Å². The van der Waals surface area contributed by atoms with Gasteiger partial charge in [0.25, 0.3) is 0 Å². The first-order valence-electron chi connectivity index (χ1n) is 18.0. The van der Waals surface area contributed by atoms with Gasteiger partial charge in [-0.15, -0.1) is 11.3 Å². The molecule has 0 radical (unpaired) electrons. The number of hydrogen-bond donors (Lipinski definition) is 0. The Labute approximate surface area is 317 Å². The van der Waals surface area contributed by atoms with E-state index in [0.717, 1.165) is 38.9 Å². The van der Waals surface area contributed by atoms with Crippen molar-refractivity contribution in [3.8, 4) is 45.5 Å². The lowest BCUT2D eigenvalue weighted by Gasteiger charge is -2.21. The predicted molar refractivity (Wildman–Crippen MR) is 224 cm³/mol. The van der Waals surface area contributed by atoms with Crippen molar-refractivity contribution in [2.45, 2.75) is 9.79 Å². The van der Waals surface area contributed by atoms with Crippen molar-refractivity contribution >= 4 is 76.1 Å². The first kappa shape index (κ1) is 30.0. The predicted octanol–water partition coefficient (Wildman–Crippen LogP) is 12.7. The van der Waals surface area contributed by atoms with Gasteiger partial charge in [0.15, 0.2) is 17.5 Å². The van der Waals surface area contributed by atoms with Gasteiger partial charge in [0, 0.05) is 68.5 Å². The monoisotopic (exact) mass is 725 g/mol. The second-order valence-electron chi connectivity index (χ2n) is 13.6. The fourth-order valence-corrected chi connectivity index (χ4v) is 10.6. The molecule has 252 valence electrons. The Hall–Kier alpha value is -6.54. The molecule has 0 amide bonds. The lowest BCUT2D eigenvalue weighted by molar-refractivity contribution is 1.03. The summed E-state index contributed by atoms with van der Waals surface area (Å²) >= 11 is 3.65. The number of nitrogens with zero attached hydrogens (tertiary/aromatic N) is 5. The Kier molecular flexibility index (Phi) is 6.37. The molecule has 0 atom stereocenters. The minimum atomic E-state index is 0.648. The number of aromatic nitrogens is 5. The Morgan fingerprint density at radius 3 is 1.91 bits per heavy atom. The second-order valence-corrected chi connectivity index (χ2v) is 15.7. The highest BCUT2D eigenvalue weighted by molar-refractivity contribution is 7.99. The normalized spacial score (nSPS) is 12.4. The molecular formula is C47H27N5S2. The van der Waals surface area contributed by atoms with Gasteiger partial charge in [-0.1, -0.05) is 127 Å². The van der Waals surface area contributed by atoms with Gasteiger partial charge in [-0.3, -0.25) is 9.13 Å². The molecule has 0 N–H and O–H groups in total. The van der Waals surface area contributed by atoms with Crippen LogP contribution in [0.25, 0.3) is 98.5 Å². The SMILES string of the molecule is c1ccc(-c2nc(-c3cccc4sc5ccccc5c34)nc(-c3cccc4c3c3c5cccc6c5n(c3n4-c3ccccc3)-c3ccccc3S6)n2)cc1. The van der Waals surface area contributed by atoms with E-state index < -0.39 is 0 Å². The molecule has 7 aromatic carbocycles. The smallest absolute Gasteiger partial charge is 0.164 e. The number of thiophene rings is 1. The third-order valence-electron chi connectivity index (χ3n) is 10.6. The van der Waals surface area contributed by atoms with Gasteiger partial charge in [0.05, 0.1) is 16.7 Å². The molecule has 5 heterocycles. The van der Waals surface area contributed by atoms with Gasteiger partial charge in [0.2, 0.25) is 0 Å². The maximum Gasteiger partial charge on any atom is 0.164 e. The third kappa shape index (κ3) is 4.25. The Morgan fingerprint density at radius 1 is 0.426 bits per heavy atom. The average molecular weight is 726 g/mol. The van der Waals surface area contributed by atoms with Crippen LogP contribution in [-0.2, 0) is 0 Å². The number of benzene rings is 7. The summed E-state index contributed by atoms with van der Waals surface area (Å²) in [7, 11) is 0. The zero-order chi connectivity index (χ0) is 35.3. The molecule has 7 heteroatoms. The largest absolute Gasteiger partial charge is 0.295 e. The van der Waals surface area contributed by atoms with E-state index in [-0.39, 0.29) is 0 Å². The van der Waals surface area contributed by atoms with E-state index in [9.17, 15) is 0 Å². The molecule has 0 fully saturated rings. The summed E-state index contributed by atoms with van der Waals surface area (Å²) in [5, 5.41) is 5.91. The lowest BCUT2D eigenvalue weighted by Crippen LogP contribution is -2.05. The first-order chi connectivity index (χ1) is 26.8. The molecule has 1 aliphatic rings. The summed E-state index contributed by atoms with van der Waals surface area (Å²) in [4.78, 5) is 18.4. The van der Waals surface area contributed by atoms with E-state index in [4.69, 9.17) is 15.0 Å². The van der Waals surface area contributed by atoms with Crippen molar-refractivity contribution < 1.29 is 0 Å². The standard InChI is InChI=1S/C47H27N5S2/c1-3-14-28(15-4-1)44-48-45(32-21-13-26-38-40(32)30-18-7-9-24-36(30)53-38)50-46(49-44)33-20-11-23-35-41(33)42-31-19-12-27-39-43(31)52(34-22-8-10-25-37(34)54-39)47(42)51(35)29-16-5-2-6-17-29/h1-27H. The molecule has 1 aliphatic heterocycles. The minimum Gasteiger partial charge on any atom is -0.295 e. The number of fused-ring (bicyclic) bond motifs is 10. The minimum absolute atomic E-state index is 0.648. The first-order valence-corrected chi connectivity index (χ1v) is 19.6. The van der Waals surface area contributed by atoms with Gasteiger partial charge >= 0.3 is 0 Å². The number of hydrogen-bond acceptors (Lipinski definition) is 5. The zero-order valence-electron chi connectivity index (χ0n) is 28.6. The second kappa shape index (κ2) is 11.5. The summed E-state index contributed by atoms with van der Waals surface area (Å²) in [6, 6.07) is 58.0. The van der Waals surface area contributed by atoms with Gasteiger partial charge in [0.1, 0.15) is 5.65 Å². The maximum atomic E-state index is 5.41. The fourth-order valence-electron chi connectivity index (χ4n) is 8.34. The molecule has 0 spiro atoms. The highest BCUT2D eigenvalue weighted by atomic mass is 32.2. The van der Waals surface area contributed by atoms with Gasteiger partial charge in [-0.25, -0.2) is 15.0 Å². The molecule has 4 aromatic heterocycles. The van der Waals surface area contributed by atoms with Crippen LogP contribution in [0.4, 0.5) is 0 Å². The molecule has 0 unspecified atom stereocenters. The molecule has 0 saturated carbocycles. The summed E-state index contributed by atoms with van der Waals surface area (Å²) in [6.07, 6.45) is 0. The summed E-state index contributed by atoms with van der Waals surface area (Å²) in [5.41, 5.74) is 8.67. The molecule has 54 heavy (non-hydrogen) atoms. The van der Waals surface area contributed by atoms with E-state index >= 15 is 0 Å². The van der Waals surface area contributed by atoms with Crippen LogP contribution in [0.2, 0.25) is 0 Å². The van der Waals surface area contributed by atoms with Crippen LogP contribution < -0.4 is 0 Å². The van der Waals surface area contributed by atoms with Crippen molar-refractivity contribution in [1.29, 1.82) is 0 Å². The highest BCUT2D eigenvalue weighted by Gasteiger charge is 2.29. The highest BCUT2D eigenvalue weighted by Crippen LogP contribution is 2.51. The summed E-state index contributed by atoms with van der Waals surface area (Å²) in [5.74, 6) is 1.96. The van der Waals surface area contributed by atoms with Crippen LogP contribution in [0, 0.1) is 0 Å². The molecule has 5 nitrogen and oxygen atoms in total. The van der Waals surface area contributed by atoms with Crippen LogP contribution in [0.3, 0.4) is 0 Å². The van der Waals surface area contributed by atoms with E-state index in [0.29, 0.717) is 17.5 Å². The maximum absolute atomic E-state index is 5.41. The van der Waals surface area contributed by atoms with E-state index in [1.807, 2.05) is 30.0 Å². The topological polar surface area (TPSA) is 48.5 Å². The molecule has 0 bridgehead atoms. The number of para-hydroxylation sites is 3. The van der Waals surface area contributed by atoms with Crippen molar-refractivity contribution in [2.75, 3.05) is 0 Å². The molecule has 0 saturated heterocycles. The van der Waals surface area contributed by atoms with Gasteiger partial charge in [-0.05, 0) is 48.5 Å². The Bertz CT molecular complexity index is 3300. The van der Waals surface area contributed by atoms with Crippen LogP contribution in [0.15, 0.2) is 174 Å². The average Bonchev–Trinajstić information content (AvgIpc) is 3.90. The van der Waals surface area contributed by atoms with Crippen molar-refractivity contribution in [3.63, 3.8) is 0 Å². The molecular weight excluding hydrogens is 699 g/mol.